The van der Waals surface area contributed by atoms with E-state index in [0.717, 1.165) is 6.42 Å². The summed E-state index contributed by atoms with van der Waals surface area (Å²) in [5.41, 5.74) is 5.68. The van der Waals surface area contributed by atoms with Crippen LogP contribution in [-0.4, -0.2) is 30.4 Å². The Bertz CT molecular complexity index is 460. The van der Waals surface area contributed by atoms with Gasteiger partial charge in [0.25, 0.3) is 5.91 Å². The van der Waals surface area contributed by atoms with Crippen LogP contribution in [0.5, 0.6) is 0 Å². The van der Waals surface area contributed by atoms with Crippen LogP contribution in [0.15, 0.2) is 18.2 Å². The van der Waals surface area contributed by atoms with E-state index in [2.05, 4.69) is 6.92 Å². The highest BCUT2D eigenvalue weighted by Crippen LogP contribution is 2.26. The fourth-order valence-corrected chi connectivity index (χ4v) is 2.74. The predicted octanol–water partition coefficient (Wildman–Crippen LogP) is 2.54. The lowest BCUT2D eigenvalue weighted by molar-refractivity contribution is 0.0614. The Morgan fingerprint density at radius 1 is 1.58 bits per heavy atom. The van der Waals surface area contributed by atoms with Crippen molar-refractivity contribution < 1.29 is 9.18 Å². The minimum Gasteiger partial charge on any atom is -0.338 e. The number of likely N-dealkylation sites (tertiary alicyclic amines) is 1. The number of benzene rings is 1. The number of rotatable bonds is 2. The molecule has 2 atom stereocenters. The van der Waals surface area contributed by atoms with Crippen molar-refractivity contribution in [3.05, 3.63) is 34.6 Å². The lowest BCUT2D eigenvalue weighted by atomic mass is 9.87. The molecule has 1 aromatic rings. The van der Waals surface area contributed by atoms with E-state index < -0.39 is 5.82 Å². The van der Waals surface area contributed by atoms with Crippen molar-refractivity contribution in [2.75, 3.05) is 19.6 Å². The first-order valence-electron chi connectivity index (χ1n) is 6.48. The van der Waals surface area contributed by atoms with Crippen LogP contribution in [0, 0.1) is 17.7 Å². The average molecular weight is 285 g/mol. The molecule has 0 radical (unpaired) electrons. The molecule has 5 heteroatoms. The second kappa shape index (κ2) is 5.88. The van der Waals surface area contributed by atoms with E-state index in [9.17, 15) is 9.18 Å². The summed E-state index contributed by atoms with van der Waals surface area (Å²) in [7, 11) is 0. The maximum absolute atomic E-state index is 13.8. The number of hydrogen-bond acceptors (Lipinski definition) is 2. The molecule has 2 N–H and O–H groups in total. The highest BCUT2D eigenvalue weighted by molar-refractivity contribution is 6.33. The SMILES string of the molecule is CC1CCN(C(=O)c2c(F)cccc2Cl)CC1CN. The number of nitrogens with zero attached hydrogens (tertiary/aromatic N) is 1. The standard InChI is InChI=1S/C14H18ClFN2O/c1-9-5-6-18(8-10(9)7-17)14(19)13-11(15)3-2-4-12(13)16/h2-4,9-10H,5-8,17H2,1H3. The van der Waals surface area contributed by atoms with Crippen molar-refractivity contribution in [1.29, 1.82) is 0 Å². The largest absolute Gasteiger partial charge is 0.338 e. The van der Waals surface area contributed by atoms with E-state index in [1.54, 1.807) is 4.90 Å². The van der Waals surface area contributed by atoms with E-state index in [1.807, 2.05) is 0 Å². The molecule has 104 valence electrons. The third-order valence-electron chi connectivity index (χ3n) is 3.88. The molecule has 1 aliphatic heterocycles. The fourth-order valence-electron chi connectivity index (χ4n) is 2.50. The van der Waals surface area contributed by atoms with Crippen molar-refractivity contribution in [1.82, 2.24) is 4.90 Å². The molecule has 1 heterocycles. The number of hydrogen-bond donors (Lipinski definition) is 1. The molecule has 1 aromatic carbocycles. The van der Waals surface area contributed by atoms with Crippen LogP contribution in [0.2, 0.25) is 5.02 Å². The molecule has 1 amide bonds. The van der Waals surface area contributed by atoms with Gasteiger partial charge in [0, 0.05) is 13.1 Å². The zero-order chi connectivity index (χ0) is 14.0. The number of amides is 1. The Balaban J connectivity index is 2.20. The van der Waals surface area contributed by atoms with Gasteiger partial charge in [-0.25, -0.2) is 4.39 Å². The predicted molar refractivity (Wildman–Crippen MR) is 73.6 cm³/mol. The van der Waals surface area contributed by atoms with Gasteiger partial charge in [0.15, 0.2) is 0 Å². The van der Waals surface area contributed by atoms with Crippen LogP contribution in [0.4, 0.5) is 4.39 Å². The molecule has 0 saturated carbocycles. The van der Waals surface area contributed by atoms with Gasteiger partial charge in [0.1, 0.15) is 5.82 Å². The van der Waals surface area contributed by atoms with Gasteiger partial charge in [-0.15, -0.1) is 0 Å². The highest BCUT2D eigenvalue weighted by atomic mass is 35.5. The summed E-state index contributed by atoms with van der Waals surface area (Å²) >= 11 is 5.93. The number of halogens is 2. The summed E-state index contributed by atoms with van der Waals surface area (Å²) in [4.78, 5) is 14.0. The van der Waals surface area contributed by atoms with E-state index in [0.29, 0.717) is 25.6 Å². The van der Waals surface area contributed by atoms with Crippen LogP contribution in [-0.2, 0) is 0 Å². The van der Waals surface area contributed by atoms with E-state index in [4.69, 9.17) is 17.3 Å². The molecular weight excluding hydrogens is 267 g/mol. The average Bonchev–Trinajstić information content (AvgIpc) is 2.39. The first-order chi connectivity index (χ1) is 9.04. The lowest BCUT2D eigenvalue weighted by Gasteiger charge is -2.36. The van der Waals surface area contributed by atoms with Crippen molar-refractivity contribution >= 4 is 17.5 Å². The Morgan fingerprint density at radius 3 is 2.95 bits per heavy atom. The number of nitrogens with two attached hydrogens (primary N) is 1. The molecule has 1 fully saturated rings. The molecule has 0 aromatic heterocycles. The molecule has 1 saturated heterocycles. The van der Waals surface area contributed by atoms with E-state index >= 15 is 0 Å². The maximum atomic E-state index is 13.8. The maximum Gasteiger partial charge on any atom is 0.258 e. The summed E-state index contributed by atoms with van der Waals surface area (Å²) in [6.45, 7) is 3.87. The number of carbonyl (C=O) groups excluding carboxylic acids is 1. The second-order valence-corrected chi connectivity index (χ2v) is 5.52. The Labute approximate surface area is 117 Å². The third kappa shape index (κ3) is 2.90. The Morgan fingerprint density at radius 2 is 2.32 bits per heavy atom. The van der Waals surface area contributed by atoms with Gasteiger partial charge in [-0.1, -0.05) is 24.6 Å². The molecule has 0 bridgehead atoms. The summed E-state index contributed by atoms with van der Waals surface area (Å²) < 4.78 is 13.8. The zero-order valence-electron chi connectivity index (χ0n) is 10.9. The molecule has 1 aliphatic rings. The van der Waals surface area contributed by atoms with Crippen LogP contribution in [0.25, 0.3) is 0 Å². The van der Waals surface area contributed by atoms with Crippen LogP contribution in [0.1, 0.15) is 23.7 Å². The van der Waals surface area contributed by atoms with Gasteiger partial charge in [-0.3, -0.25) is 4.79 Å². The van der Waals surface area contributed by atoms with E-state index in [1.165, 1.54) is 18.2 Å². The van der Waals surface area contributed by atoms with Crippen molar-refractivity contribution in [2.24, 2.45) is 17.6 Å². The lowest BCUT2D eigenvalue weighted by Crippen LogP contribution is -2.45. The van der Waals surface area contributed by atoms with Crippen LogP contribution >= 0.6 is 11.6 Å². The number of carbonyl (C=O) groups is 1. The molecule has 3 nitrogen and oxygen atoms in total. The monoisotopic (exact) mass is 284 g/mol. The van der Waals surface area contributed by atoms with Crippen LogP contribution in [0.3, 0.4) is 0 Å². The van der Waals surface area contributed by atoms with Crippen molar-refractivity contribution in [3.63, 3.8) is 0 Å². The molecule has 0 aliphatic carbocycles. The third-order valence-corrected chi connectivity index (χ3v) is 4.20. The van der Waals surface area contributed by atoms with Gasteiger partial charge in [0.2, 0.25) is 0 Å². The quantitative estimate of drug-likeness (QED) is 0.907. The van der Waals surface area contributed by atoms with Crippen LogP contribution < -0.4 is 5.73 Å². The first kappa shape index (κ1) is 14.3. The van der Waals surface area contributed by atoms with Gasteiger partial charge in [-0.2, -0.15) is 0 Å². The second-order valence-electron chi connectivity index (χ2n) is 5.11. The van der Waals surface area contributed by atoms with Gasteiger partial charge in [0.05, 0.1) is 10.6 Å². The number of piperidine rings is 1. The van der Waals surface area contributed by atoms with Gasteiger partial charge in [-0.05, 0) is 36.9 Å². The Hall–Kier alpha value is -1.13. The normalized spacial score (nSPS) is 23.5. The van der Waals surface area contributed by atoms with Crippen molar-refractivity contribution in [3.8, 4) is 0 Å². The molecule has 2 rings (SSSR count). The molecular formula is C14H18ClFN2O. The molecule has 2 unspecified atom stereocenters. The fraction of sp³-hybridized carbons (Fsp3) is 0.500. The smallest absolute Gasteiger partial charge is 0.258 e. The summed E-state index contributed by atoms with van der Waals surface area (Å²) in [6.07, 6.45) is 0.889. The summed E-state index contributed by atoms with van der Waals surface area (Å²) in [5.74, 6) is -0.151. The van der Waals surface area contributed by atoms with E-state index in [-0.39, 0.29) is 22.4 Å². The zero-order valence-corrected chi connectivity index (χ0v) is 11.7. The minimum absolute atomic E-state index is 0.0329. The topological polar surface area (TPSA) is 46.3 Å². The molecule has 19 heavy (non-hydrogen) atoms. The van der Waals surface area contributed by atoms with Crippen molar-refractivity contribution in [2.45, 2.75) is 13.3 Å². The van der Waals surface area contributed by atoms with Gasteiger partial charge < -0.3 is 10.6 Å². The minimum atomic E-state index is -0.569. The summed E-state index contributed by atoms with van der Waals surface area (Å²) in [5, 5.41) is 0.160. The highest BCUT2D eigenvalue weighted by Gasteiger charge is 2.30. The summed E-state index contributed by atoms with van der Waals surface area (Å²) in [6, 6.07) is 4.28. The first-order valence-corrected chi connectivity index (χ1v) is 6.85. The van der Waals surface area contributed by atoms with Gasteiger partial charge >= 0.3 is 0 Å². The Kier molecular flexibility index (Phi) is 4.42. The molecule has 0 spiro atoms.